The maximum absolute atomic E-state index is 6.14. The fourth-order valence-corrected chi connectivity index (χ4v) is 7.96. The van der Waals surface area contributed by atoms with Crippen LogP contribution in [-0.4, -0.2) is 33.7 Å². The van der Waals surface area contributed by atoms with Crippen molar-refractivity contribution in [2.24, 2.45) is 5.92 Å². The summed E-state index contributed by atoms with van der Waals surface area (Å²) in [6.45, 7) is 18.2. The monoisotopic (exact) mass is 355 g/mol. The molecule has 0 heterocycles. The molecule has 25 heavy (non-hydrogen) atoms. The fraction of sp³-hybridized carbons (Fsp3) is 0.455. The third-order valence-electron chi connectivity index (χ3n) is 5.35. The van der Waals surface area contributed by atoms with Crippen molar-refractivity contribution in [1.29, 1.82) is 0 Å². The van der Waals surface area contributed by atoms with Crippen molar-refractivity contribution in [3.05, 3.63) is 58.5 Å². The van der Waals surface area contributed by atoms with E-state index in [2.05, 4.69) is 84.6 Å². The molecule has 0 saturated carbocycles. The molecule has 0 aromatic heterocycles. The van der Waals surface area contributed by atoms with Crippen molar-refractivity contribution >= 4 is 13.3 Å². The summed E-state index contributed by atoms with van der Waals surface area (Å²) in [5.41, 5.74) is 5.37. The molecular weight excluding hydrogens is 322 g/mol. The average Bonchev–Trinajstić information content (AvgIpc) is 2.82. The molecule has 1 unspecified atom stereocenters. The molecule has 0 amide bonds. The van der Waals surface area contributed by atoms with E-state index in [9.17, 15) is 0 Å². The number of ether oxygens (including phenoxy) is 1. The second-order valence-corrected chi connectivity index (χ2v) is 12.3. The number of rotatable bonds is 6. The fourth-order valence-electron chi connectivity index (χ4n) is 4.00. The first kappa shape index (κ1) is 19.6. The summed E-state index contributed by atoms with van der Waals surface area (Å²) in [5, 5.41) is 3.00. The summed E-state index contributed by atoms with van der Waals surface area (Å²) in [6.07, 6.45) is 4.19. The lowest BCUT2D eigenvalue weighted by Gasteiger charge is -2.33. The maximum Gasteiger partial charge on any atom is 0.122 e. The summed E-state index contributed by atoms with van der Waals surface area (Å²) in [4.78, 5) is 2.27. The van der Waals surface area contributed by atoms with E-state index in [1.165, 1.54) is 27.6 Å². The predicted molar refractivity (Wildman–Crippen MR) is 112 cm³/mol. The molecule has 0 aliphatic heterocycles. The smallest absolute Gasteiger partial charge is 0.122 e. The minimum Gasteiger partial charge on any atom is -0.489 e. The Morgan fingerprint density at radius 3 is 2.40 bits per heavy atom. The number of benzene rings is 1. The van der Waals surface area contributed by atoms with E-state index in [-0.39, 0.29) is 0 Å². The van der Waals surface area contributed by atoms with Gasteiger partial charge in [-0.05, 0) is 48.7 Å². The van der Waals surface area contributed by atoms with E-state index in [0.717, 1.165) is 5.75 Å². The molecule has 0 bridgehead atoms. The molecule has 0 spiro atoms. The quantitative estimate of drug-likeness (QED) is 0.540. The Hall–Kier alpha value is -1.74. The molecule has 1 atom stereocenters. The first-order valence-corrected chi connectivity index (χ1v) is 12.1. The lowest BCUT2D eigenvalue weighted by atomic mass is 10.1. The lowest BCUT2D eigenvalue weighted by molar-refractivity contribution is 0.363. The predicted octanol–water partition coefficient (Wildman–Crippen LogP) is 4.73. The van der Waals surface area contributed by atoms with E-state index in [0.29, 0.717) is 12.5 Å². The molecule has 0 N–H and O–H groups in total. The second-order valence-electron chi connectivity index (χ2n) is 7.99. The van der Waals surface area contributed by atoms with Crippen LogP contribution in [0.1, 0.15) is 25.0 Å². The van der Waals surface area contributed by atoms with Crippen molar-refractivity contribution in [1.82, 2.24) is 4.90 Å². The number of allylic oxidation sites excluding steroid dienone is 3. The summed E-state index contributed by atoms with van der Waals surface area (Å²) < 4.78 is 6.14. The van der Waals surface area contributed by atoms with Crippen molar-refractivity contribution in [3.63, 3.8) is 0 Å². The highest BCUT2D eigenvalue weighted by atomic mass is 28.3. The number of hydrogen-bond donors (Lipinski definition) is 0. The Bertz CT molecular complexity index is 741. The SMILES string of the molecule is C=CCOc1c(C)cc(C)cc1[Si](C)(C)C1=C(N(C)C)C=C(C)C1C. The van der Waals surface area contributed by atoms with Crippen LogP contribution in [0.4, 0.5) is 0 Å². The van der Waals surface area contributed by atoms with E-state index in [1.807, 2.05) is 6.08 Å². The van der Waals surface area contributed by atoms with E-state index in [4.69, 9.17) is 4.74 Å². The first-order chi connectivity index (χ1) is 11.6. The van der Waals surface area contributed by atoms with Gasteiger partial charge in [0.15, 0.2) is 0 Å². The van der Waals surface area contributed by atoms with Crippen molar-refractivity contribution in [3.8, 4) is 5.75 Å². The van der Waals surface area contributed by atoms with E-state index < -0.39 is 8.07 Å². The number of aryl methyl sites for hydroxylation is 2. The highest BCUT2D eigenvalue weighted by molar-refractivity contribution is 6.96. The molecule has 1 aliphatic rings. The van der Waals surface area contributed by atoms with Crippen LogP contribution in [0.5, 0.6) is 5.75 Å². The van der Waals surface area contributed by atoms with Crippen LogP contribution >= 0.6 is 0 Å². The topological polar surface area (TPSA) is 12.5 Å². The zero-order valence-electron chi connectivity index (χ0n) is 17.2. The van der Waals surface area contributed by atoms with Crippen LogP contribution < -0.4 is 9.92 Å². The summed E-state index contributed by atoms with van der Waals surface area (Å²) in [7, 11) is 2.39. The maximum atomic E-state index is 6.14. The number of hydrogen-bond acceptors (Lipinski definition) is 2. The molecule has 1 aromatic rings. The molecule has 136 valence electrons. The van der Waals surface area contributed by atoms with Crippen LogP contribution in [0.15, 0.2) is 47.3 Å². The van der Waals surface area contributed by atoms with Gasteiger partial charge >= 0.3 is 0 Å². The first-order valence-electron chi connectivity index (χ1n) is 9.06. The standard InChI is InChI=1S/C22H33NOSi/c1-10-11-24-21-17(4)12-15(2)13-20(21)25(8,9)22-18(5)16(3)14-19(22)23(6)7/h10,12-14,18H,1,11H2,2-9H3. The Balaban J connectivity index is 2.67. The zero-order chi connectivity index (χ0) is 18.9. The second kappa shape index (κ2) is 7.25. The average molecular weight is 356 g/mol. The van der Waals surface area contributed by atoms with E-state index >= 15 is 0 Å². The minimum atomic E-state index is -1.91. The Morgan fingerprint density at radius 2 is 1.84 bits per heavy atom. The molecule has 2 rings (SSSR count). The van der Waals surface area contributed by atoms with Crippen molar-refractivity contribution < 1.29 is 4.74 Å². The molecule has 0 saturated heterocycles. The van der Waals surface area contributed by atoms with Crippen LogP contribution in [0, 0.1) is 19.8 Å². The van der Waals surface area contributed by atoms with Gasteiger partial charge in [0.05, 0.1) is 0 Å². The highest BCUT2D eigenvalue weighted by Crippen LogP contribution is 2.39. The molecule has 1 aliphatic carbocycles. The molecule has 2 nitrogen and oxygen atoms in total. The molecule has 3 heteroatoms. The molecular formula is C22H33NOSi. The third-order valence-corrected chi connectivity index (χ3v) is 9.10. The highest BCUT2D eigenvalue weighted by Gasteiger charge is 2.39. The van der Waals surface area contributed by atoms with E-state index in [1.54, 1.807) is 5.20 Å². The van der Waals surface area contributed by atoms with Gasteiger partial charge in [-0.3, -0.25) is 0 Å². The zero-order valence-corrected chi connectivity index (χ0v) is 18.2. The minimum absolute atomic E-state index is 0.493. The van der Waals surface area contributed by atoms with Gasteiger partial charge in [-0.1, -0.05) is 55.9 Å². The lowest BCUT2D eigenvalue weighted by Crippen LogP contribution is -2.47. The van der Waals surface area contributed by atoms with Crippen LogP contribution in [0.2, 0.25) is 13.1 Å². The molecule has 0 fully saturated rings. The van der Waals surface area contributed by atoms with Gasteiger partial charge in [-0.2, -0.15) is 0 Å². The Kier molecular flexibility index (Phi) is 5.67. The summed E-state index contributed by atoms with van der Waals surface area (Å²) in [6, 6.07) is 4.56. The Labute approximate surface area is 154 Å². The third kappa shape index (κ3) is 3.62. The van der Waals surface area contributed by atoms with Gasteiger partial charge in [-0.15, -0.1) is 0 Å². The van der Waals surface area contributed by atoms with Gasteiger partial charge in [0.25, 0.3) is 0 Å². The van der Waals surface area contributed by atoms with Crippen LogP contribution in [0.25, 0.3) is 0 Å². The van der Waals surface area contributed by atoms with Gasteiger partial charge in [0.2, 0.25) is 0 Å². The van der Waals surface area contributed by atoms with Gasteiger partial charge in [0.1, 0.15) is 20.4 Å². The van der Waals surface area contributed by atoms with Crippen LogP contribution in [-0.2, 0) is 0 Å². The van der Waals surface area contributed by atoms with Gasteiger partial charge in [-0.25, -0.2) is 0 Å². The van der Waals surface area contributed by atoms with Crippen LogP contribution in [0.3, 0.4) is 0 Å². The normalized spacial score (nSPS) is 17.6. The number of likely N-dealkylation sites (N-methyl/N-ethyl adjacent to an activating group) is 1. The summed E-state index contributed by atoms with van der Waals surface area (Å²) in [5.74, 6) is 1.55. The van der Waals surface area contributed by atoms with Gasteiger partial charge < -0.3 is 9.64 Å². The van der Waals surface area contributed by atoms with Crippen molar-refractivity contribution in [2.45, 2.75) is 40.8 Å². The Morgan fingerprint density at radius 1 is 1.20 bits per heavy atom. The summed E-state index contributed by atoms with van der Waals surface area (Å²) >= 11 is 0. The molecule has 1 aromatic carbocycles. The van der Waals surface area contributed by atoms with Gasteiger partial charge in [0, 0.05) is 19.8 Å². The van der Waals surface area contributed by atoms with Crippen molar-refractivity contribution in [2.75, 3.05) is 20.7 Å². The number of nitrogens with zero attached hydrogens (tertiary/aromatic N) is 1. The largest absolute Gasteiger partial charge is 0.489 e. The molecule has 0 radical (unpaired) electrons.